The molecule has 0 aliphatic carbocycles. The monoisotopic (exact) mass is 470 g/mol. The van der Waals surface area contributed by atoms with Gasteiger partial charge in [0.25, 0.3) is 0 Å². The van der Waals surface area contributed by atoms with Crippen LogP contribution in [0.4, 0.5) is 0 Å². The Morgan fingerprint density at radius 1 is 0.943 bits per heavy atom. The largest absolute Gasteiger partial charge is 0.493 e. The second-order valence-electron chi connectivity index (χ2n) is 8.63. The zero-order valence-electron chi connectivity index (χ0n) is 19.3. The Morgan fingerprint density at radius 2 is 1.74 bits per heavy atom. The first-order valence-electron chi connectivity index (χ1n) is 11.4. The number of ether oxygens (including phenoxy) is 4. The first-order chi connectivity index (χ1) is 17.0. The average molecular weight is 470 g/mol. The molecule has 176 valence electrons. The van der Waals surface area contributed by atoms with E-state index in [-0.39, 0.29) is 18.3 Å². The van der Waals surface area contributed by atoms with Gasteiger partial charge < -0.3 is 23.4 Å². The summed E-state index contributed by atoms with van der Waals surface area (Å²) in [6.45, 7) is 2.81. The van der Waals surface area contributed by atoms with E-state index in [2.05, 4.69) is 0 Å². The Balaban J connectivity index is 1.63. The van der Waals surface area contributed by atoms with E-state index in [0.717, 1.165) is 22.3 Å². The third-order valence-corrected chi connectivity index (χ3v) is 6.51. The minimum Gasteiger partial charge on any atom is -0.493 e. The zero-order valence-corrected chi connectivity index (χ0v) is 19.3. The molecule has 0 N–H and O–H groups in total. The number of aryl methyl sites for hydroxylation is 1. The summed E-state index contributed by atoms with van der Waals surface area (Å²) >= 11 is 0. The number of carbonyl (C=O) groups is 1. The van der Waals surface area contributed by atoms with E-state index in [0.29, 0.717) is 52.7 Å². The lowest BCUT2D eigenvalue weighted by Gasteiger charge is -2.29. The number of esters is 1. The van der Waals surface area contributed by atoms with Crippen LogP contribution in [-0.4, -0.2) is 26.3 Å². The molecule has 0 fully saturated rings. The van der Waals surface area contributed by atoms with Crippen LogP contribution in [0.1, 0.15) is 29.0 Å². The normalized spacial score (nSPS) is 16.5. The molecular formula is C28H22O7. The van der Waals surface area contributed by atoms with Crippen LogP contribution in [0, 0.1) is 6.92 Å². The molecule has 1 unspecified atom stereocenters. The Kier molecular flexibility index (Phi) is 4.99. The Hall–Kier alpha value is -4.26. The molecule has 1 atom stereocenters. The van der Waals surface area contributed by atoms with E-state index >= 15 is 0 Å². The third-order valence-electron chi connectivity index (χ3n) is 6.51. The molecule has 7 nitrogen and oxygen atoms in total. The van der Waals surface area contributed by atoms with Crippen LogP contribution in [0.15, 0.2) is 63.8 Å². The molecule has 2 aliphatic heterocycles. The summed E-state index contributed by atoms with van der Waals surface area (Å²) in [7, 11) is 1.58. The molecule has 7 heteroatoms. The highest BCUT2D eigenvalue weighted by molar-refractivity contribution is 6.01. The van der Waals surface area contributed by atoms with Crippen molar-refractivity contribution in [1.29, 1.82) is 0 Å². The van der Waals surface area contributed by atoms with Crippen molar-refractivity contribution in [2.75, 3.05) is 20.3 Å². The SMILES string of the molecule is COc1cc(C2CC(=O)Oc3c2c(C)cc2oc(=O)cc(-c4ccccc4)c32)cc2c1OCCO2. The van der Waals surface area contributed by atoms with Crippen molar-refractivity contribution in [3.05, 3.63) is 81.7 Å². The summed E-state index contributed by atoms with van der Waals surface area (Å²) in [6, 6.07) is 16.6. The second kappa shape index (κ2) is 8.20. The Bertz CT molecular complexity index is 1520. The van der Waals surface area contributed by atoms with Crippen molar-refractivity contribution < 1.29 is 28.2 Å². The molecule has 0 bridgehead atoms. The summed E-state index contributed by atoms with van der Waals surface area (Å²) in [5.74, 6) is 1.43. The molecule has 1 aromatic heterocycles. The summed E-state index contributed by atoms with van der Waals surface area (Å²) < 4.78 is 28.6. The van der Waals surface area contributed by atoms with Crippen LogP contribution >= 0.6 is 0 Å². The number of hydrogen-bond acceptors (Lipinski definition) is 7. The summed E-state index contributed by atoms with van der Waals surface area (Å²) in [5.41, 5.74) is 3.96. The quantitative estimate of drug-likeness (QED) is 0.237. The smallest absolute Gasteiger partial charge is 0.336 e. The van der Waals surface area contributed by atoms with Crippen molar-refractivity contribution in [3.8, 4) is 34.1 Å². The Labute approximate surface area is 200 Å². The molecule has 4 aromatic rings. The zero-order chi connectivity index (χ0) is 24.1. The molecule has 0 spiro atoms. The first-order valence-corrected chi connectivity index (χ1v) is 11.4. The molecule has 0 saturated carbocycles. The van der Waals surface area contributed by atoms with Crippen LogP contribution in [-0.2, 0) is 4.79 Å². The van der Waals surface area contributed by atoms with E-state index < -0.39 is 5.63 Å². The van der Waals surface area contributed by atoms with Gasteiger partial charge >= 0.3 is 11.6 Å². The molecular weight excluding hydrogens is 448 g/mol. The summed E-state index contributed by atoms with van der Waals surface area (Å²) in [5, 5.41) is 0.596. The van der Waals surface area contributed by atoms with Gasteiger partial charge in [0.15, 0.2) is 11.5 Å². The maximum Gasteiger partial charge on any atom is 0.336 e. The van der Waals surface area contributed by atoms with Gasteiger partial charge in [-0.3, -0.25) is 4.79 Å². The van der Waals surface area contributed by atoms with Crippen LogP contribution in [0.3, 0.4) is 0 Å². The standard InChI is InChI=1S/C28H22O7/c1-15-10-20-26(18(13-23(29)34-20)16-6-4-3-5-7-16)28-25(15)19(14-24(30)35-28)17-11-21(31-2)27-22(12-17)32-8-9-33-27/h3-7,10-13,19H,8-9,14H2,1-2H3. The molecule has 2 aliphatic rings. The van der Waals surface area contributed by atoms with Gasteiger partial charge in [-0.2, -0.15) is 0 Å². The lowest BCUT2D eigenvalue weighted by Crippen LogP contribution is -2.23. The highest BCUT2D eigenvalue weighted by Crippen LogP contribution is 2.50. The van der Waals surface area contributed by atoms with Crippen molar-refractivity contribution >= 4 is 16.9 Å². The van der Waals surface area contributed by atoms with E-state index in [1.807, 2.05) is 55.5 Å². The van der Waals surface area contributed by atoms with Gasteiger partial charge in [-0.15, -0.1) is 0 Å². The number of rotatable bonds is 3. The van der Waals surface area contributed by atoms with E-state index in [9.17, 15) is 9.59 Å². The van der Waals surface area contributed by atoms with Gasteiger partial charge in [-0.1, -0.05) is 30.3 Å². The van der Waals surface area contributed by atoms with Crippen LogP contribution in [0.5, 0.6) is 23.0 Å². The van der Waals surface area contributed by atoms with Crippen LogP contribution in [0.2, 0.25) is 0 Å². The highest BCUT2D eigenvalue weighted by Gasteiger charge is 2.34. The van der Waals surface area contributed by atoms with E-state index in [1.165, 1.54) is 6.07 Å². The van der Waals surface area contributed by atoms with Crippen molar-refractivity contribution in [2.45, 2.75) is 19.3 Å². The fraction of sp³-hybridized carbons (Fsp3) is 0.214. The number of benzene rings is 3. The molecule has 0 radical (unpaired) electrons. The van der Waals surface area contributed by atoms with Crippen molar-refractivity contribution in [1.82, 2.24) is 0 Å². The van der Waals surface area contributed by atoms with E-state index in [1.54, 1.807) is 7.11 Å². The molecule has 0 saturated heterocycles. The number of carbonyl (C=O) groups excluding carboxylic acids is 1. The van der Waals surface area contributed by atoms with Crippen molar-refractivity contribution in [3.63, 3.8) is 0 Å². The second-order valence-corrected chi connectivity index (χ2v) is 8.63. The molecule has 0 amide bonds. The van der Waals surface area contributed by atoms with Crippen LogP contribution in [0.25, 0.3) is 22.1 Å². The lowest BCUT2D eigenvalue weighted by atomic mass is 9.82. The highest BCUT2D eigenvalue weighted by atomic mass is 16.6. The molecule has 3 heterocycles. The lowest BCUT2D eigenvalue weighted by molar-refractivity contribution is -0.135. The molecule has 35 heavy (non-hydrogen) atoms. The fourth-order valence-corrected chi connectivity index (χ4v) is 5.02. The maximum absolute atomic E-state index is 12.9. The molecule has 6 rings (SSSR count). The third kappa shape index (κ3) is 3.51. The summed E-state index contributed by atoms with van der Waals surface area (Å²) in [4.78, 5) is 25.3. The Morgan fingerprint density at radius 3 is 2.54 bits per heavy atom. The number of fused-ring (bicyclic) bond motifs is 4. The first kappa shape index (κ1) is 21.3. The van der Waals surface area contributed by atoms with Gasteiger partial charge in [0.05, 0.1) is 18.9 Å². The predicted octanol–water partition coefficient (Wildman–Crippen LogP) is 4.99. The topological polar surface area (TPSA) is 84.2 Å². The summed E-state index contributed by atoms with van der Waals surface area (Å²) in [6.07, 6.45) is 0.152. The van der Waals surface area contributed by atoms with Crippen LogP contribution < -0.4 is 24.6 Å². The minimum atomic E-state index is -0.467. The predicted molar refractivity (Wildman–Crippen MR) is 129 cm³/mol. The maximum atomic E-state index is 12.9. The molecule has 3 aromatic carbocycles. The van der Waals surface area contributed by atoms with Gasteiger partial charge in [-0.05, 0) is 41.8 Å². The van der Waals surface area contributed by atoms with Gasteiger partial charge in [0.2, 0.25) is 5.75 Å². The fourth-order valence-electron chi connectivity index (χ4n) is 5.02. The van der Waals surface area contributed by atoms with Gasteiger partial charge in [0, 0.05) is 23.1 Å². The number of methoxy groups -OCH3 is 1. The minimum absolute atomic E-state index is 0.152. The average Bonchev–Trinajstić information content (AvgIpc) is 2.87. The van der Waals surface area contributed by atoms with Gasteiger partial charge in [-0.25, -0.2) is 4.79 Å². The van der Waals surface area contributed by atoms with Gasteiger partial charge in [0.1, 0.15) is 24.5 Å². The van der Waals surface area contributed by atoms with Crippen molar-refractivity contribution in [2.24, 2.45) is 0 Å². The van der Waals surface area contributed by atoms with E-state index in [4.69, 9.17) is 23.4 Å². The number of hydrogen-bond donors (Lipinski definition) is 0.